The SMILES string of the molecule is O=C(Nc1cccnc1)[C@@H]1C[C@H](O)CN1c1nc2c(c(Nc3cc(C4CC4)[nH]n3)n1)CCC2. The summed E-state index contributed by atoms with van der Waals surface area (Å²) in [6, 6.07) is 5.03. The molecule has 4 heterocycles. The van der Waals surface area contributed by atoms with Crippen molar-refractivity contribution in [2.75, 3.05) is 22.1 Å². The van der Waals surface area contributed by atoms with E-state index in [2.05, 4.69) is 25.8 Å². The maximum Gasteiger partial charge on any atom is 0.247 e. The van der Waals surface area contributed by atoms with Crippen molar-refractivity contribution in [3.63, 3.8) is 0 Å². The molecule has 0 radical (unpaired) electrons. The number of pyridine rings is 1. The molecule has 3 aromatic rings. The number of nitrogens with zero attached hydrogens (tertiary/aromatic N) is 5. The van der Waals surface area contributed by atoms with Crippen molar-refractivity contribution < 1.29 is 9.90 Å². The van der Waals surface area contributed by atoms with E-state index >= 15 is 0 Å². The minimum atomic E-state index is -0.629. The van der Waals surface area contributed by atoms with Gasteiger partial charge >= 0.3 is 0 Å². The van der Waals surface area contributed by atoms with E-state index in [4.69, 9.17) is 9.97 Å². The number of aromatic amines is 1. The Morgan fingerprint density at radius 1 is 1.24 bits per heavy atom. The maximum absolute atomic E-state index is 13.0. The summed E-state index contributed by atoms with van der Waals surface area (Å²) >= 11 is 0. The van der Waals surface area contributed by atoms with E-state index in [1.807, 2.05) is 6.07 Å². The molecule has 2 aliphatic carbocycles. The predicted octanol–water partition coefficient (Wildman–Crippen LogP) is 2.28. The Morgan fingerprint density at radius 3 is 2.97 bits per heavy atom. The Kier molecular flexibility index (Phi) is 4.94. The van der Waals surface area contributed by atoms with Gasteiger partial charge in [0, 0.05) is 42.4 Å². The number of fused-ring (bicyclic) bond motifs is 1. The van der Waals surface area contributed by atoms with E-state index in [0.29, 0.717) is 30.5 Å². The number of amides is 1. The standard InChI is InChI=1S/C23H26N8O2/c32-15-9-19(22(33)25-14-3-2-8-24-11-14)31(12-15)23-26-17-5-1-4-16(17)21(28-23)27-20-10-18(29-30-20)13-6-7-13/h2-3,8,10-11,13,15,19,32H,1,4-7,9,12H2,(H,25,33)(H2,26,27,28,29,30)/t15-,19-/m0/s1. The molecule has 4 N–H and O–H groups in total. The van der Waals surface area contributed by atoms with Crippen LogP contribution in [-0.4, -0.2) is 54.9 Å². The fourth-order valence-corrected chi connectivity index (χ4v) is 4.72. The largest absolute Gasteiger partial charge is 0.391 e. The van der Waals surface area contributed by atoms with Gasteiger partial charge in [0.25, 0.3) is 0 Å². The maximum atomic E-state index is 13.0. The fraction of sp³-hybridized carbons (Fsp3) is 0.435. The molecule has 2 fully saturated rings. The van der Waals surface area contributed by atoms with Gasteiger partial charge in [0.1, 0.15) is 11.9 Å². The molecule has 3 aliphatic rings. The summed E-state index contributed by atoms with van der Waals surface area (Å²) in [6.45, 7) is 0.303. The fourth-order valence-electron chi connectivity index (χ4n) is 4.72. The molecule has 3 aromatic heterocycles. The number of aliphatic hydroxyl groups excluding tert-OH is 1. The molecule has 1 aliphatic heterocycles. The Balaban J connectivity index is 1.28. The lowest BCUT2D eigenvalue weighted by Gasteiger charge is -2.24. The highest BCUT2D eigenvalue weighted by Crippen LogP contribution is 2.40. The van der Waals surface area contributed by atoms with E-state index in [-0.39, 0.29) is 5.91 Å². The van der Waals surface area contributed by atoms with Gasteiger partial charge in [0.05, 0.1) is 23.7 Å². The van der Waals surface area contributed by atoms with Gasteiger partial charge in [-0.25, -0.2) is 4.98 Å². The summed E-state index contributed by atoms with van der Waals surface area (Å²) in [5.41, 5.74) is 3.86. The molecule has 0 aromatic carbocycles. The normalized spacial score (nSPS) is 21.8. The van der Waals surface area contributed by atoms with Gasteiger partial charge in [0.2, 0.25) is 11.9 Å². The minimum absolute atomic E-state index is 0.209. The van der Waals surface area contributed by atoms with E-state index < -0.39 is 12.1 Å². The second kappa shape index (κ2) is 8.11. The van der Waals surface area contributed by atoms with Crippen LogP contribution in [0.15, 0.2) is 30.6 Å². The molecule has 33 heavy (non-hydrogen) atoms. The lowest BCUT2D eigenvalue weighted by atomic mass is 10.2. The first-order valence-corrected chi connectivity index (χ1v) is 11.5. The third-order valence-corrected chi connectivity index (χ3v) is 6.55. The monoisotopic (exact) mass is 446 g/mol. The molecule has 0 unspecified atom stereocenters. The van der Waals surface area contributed by atoms with Crippen LogP contribution >= 0.6 is 0 Å². The third-order valence-electron chi connectivity index (χ3n) is 6.55. The van der Waals surface area contributed by atoms with Gasteiger partial charge in [-0.15, -0.1) is 0 Å². The van der Waals surface area contributed by atoms with Gasteiger partial charge < -0.3 is 20.6 Å². The quantitative estimate of drug-likeness (QED) is 0.453. The third kappa shape index (κ3) is 4.02. The number of H-pyrrole nitrogens is 1. The summed E-state index contributed by atoms with van der Waals surface area (Å²) in [7, 11) is 0. The molecular weight excluding hydrogens is 420 g/mol. The van der Waals surface area contributed by atoms with Crippen LogP contribution in [0.1, 0.15) is 48.6 Å². The molecule has 2 atom stereocenters. The second-order valence-electron chi connectivity index (χ2n) is 9.05. The first-order chi connectivity index (χ1) is 16.1. The second-order valence-corrected chi connectivity index (χ2v) is 9.05. The highest BCUT2D eigenvalue weighted by atomic mass is 16.3. The van der Waals surface area contributed by atoms with E-state index in [9.17, 15) is 9.90 Å². The van der Waals surface area contributed by atoms with Crippen LogP contribution in [0.5, 0.6) is 0 Å². The van der Waals surface area contributed by atoms with Crippen molar-refractivity contribution in [3.05, 3.63) is 47.5 Å². The van der Waals surface area contributed by atoms with Gasteiger partial charge in [-0.3, -0.25) is 14.9 Å². The Morgan fingerprint density at radius 2 is 2.15 bits per heavy atom. The van der Waals surface area contributed by atoms with Crippen LogP contribution in [-0.2, 0) is 17.6 Å². The van der Waals surface area contributed by atoms with Crippen LogP contribution in [0.25, 0.3) is 0 Å². The van der Waals surface area contributed by atoms with Gasteiger partial charge in [-0.05, 0) is 44.2 Å². The first-order valence-electron chi connectivity index (χ1n) is 11.5. The number of rotatable bonds is 6. The summed E-state index contributed by atoms with van der Waals surface area (Å²) in [4.78, 5) is 28.5. The lowest BCUT2D eigenvalue weighted by Crippen LogP contribution is -2.40. The number of carbonyl (C=O) groups is 1. The number of nitrogens with one attached hydrogen (secondary N) is 3. The zero-order chi connectivity index (χ0) is 22.4. The summed E-state index contributed by atoms with van der Waals surface area (Å²) in [5, 5.41) is 24.2. The molecular formula is C23H26N8O2. The molecule has 0 bridgehead atoms. The average molecular weight is 447 g/mol. The molecule has 6 rings (SSSR count). The molecule has 0 spiro atoms. The number of hydrogen-bond acceptors (Lipinski definition) is 8. The predicted molar refractivity (Wildman–Crippen MR) is 123 cm³/mol. The molecule has 10 nitrogen and oxygen atoms in total. The first kappa shape index (κ1) is 20.1. The Labute approximate surface area is 190 Å². The van der Waals surface area contributed by atoms with E-state index in [1.54, 1.807) is 29.4 Å². The Bertz CT molecular complexity index is 1180. The van der Waals surface area contributed by atoms with Gasteiger partial charge in [-0.1, -0.05) is 0 Å². The highest BCUT2D eigenvalue weighted by Gasteiger charge is 2.38. The highest BCUT2D eigenvalue weighted by molar-refractivity contribution is 5.97. The van der Waals surface area contributed by atoms with Gasteiger partial charge in [-0.2, -0.15) is 10.1 Å². The number of hydrogen-bond donors (Lipinski definition) is 4. The van der Waals surface area contributed by atoms with Crippen LogP contribution in [0.2, 0.25) is 0 Å². The number of aryl methyl sites for hydroxylation is 1. The number of aliphatic hydroxyl groups is 1. The number of β-amino-alcohol motifs (C(OH)–C–C–N with tert-alkyl or cyclic N) is 1. The number of anilines is 4. The van der Waals surface area contributed by atoms with Crippen molar-refractivity contribution in [3.8, 4) is 0 Å². The van der Waals surface area contributed by atoms with E-state index in [1.165, 1.54) is 12.8 Å². The Hall–Kier alpha value is -3.53. The van der Waals surface area contributed by atoms with E-state index in [0.717, 1.165) is 47.8 Å². The number of carbonyl (C=O) groups excluding carboxylic acids is 1. The van der Waals surface area contributed by atoms with Crippen molar-refractivity contribution >= 4 is 29.2 Å². The molecule has 1 saturated heterocycles. The van der Waals surface area contributed by atoms with Crippen molar-refractivity contribution in [2.24, 2.45) is 0 Å². The summed E-state index contributed by atoms with van der Waals surface area (Å²) < 4.78 is 0. The van der Waals surface area contributed by atoms with Crippen molar-refractivity contribution in [2.45, 2.75) is 56.6 Å². The van der Waals surface area contributed by atoms with Crippen molar-refractivity contribution in [1.82, 2.24) is 25.1 Å². The summed E-state index contributed by atoms with van der Waals surface area (Å²) in [5.74, 6) is 2.31. The van der Waals surface area contributed by atoms with Gasteiger partial charge in [0.15, 0.2) is 5.82 Å². The van der Waals surface area contributed by atoms with Crippen LogP contribution in [0, 0.1) is 0 Å². The minimum Gasteiger partial charge on any atom is -0.391 e. The lowest BCUT2D eigenvalue weighted by molar-refractivity contribution is -0.117. The molecule has 170 valence electrons. The van der Waals surface area contributed by atoms with Crippen molar-refractivity contribution in [1.29, 1.82) is 0 Å². The molecule has 10 heteroatoms. The smallest absolute Gasteiger partial charge is 0.247 e. The zero-order valence-electron chi connectivity index (χ0n) is 18.2. The van der Waals surface area contributed by atoms with Crippen LogP contribution in [0.3, 0.4) is 0 Å². The zero-order valence-corrected chi connectivity index (χ0v) is 18.2. The van der Waals surface area contributed by atoms with Crippen LogP contribution in [0.4, 0.5) is 23.3 Å². The topological polar surface area (TPSA) is 132 Å². The molecule has 1 saturated carbocycles. The molecule has 1 amide bonds. The van der Waals surface area contributed by atoms with Crippen LogP contribution < -0.4 is 15.5 Å². The number of aromatic nitrogens is 5. The summed E-state index contributed by atoms with van der Waals surface area (Å²) in [6.07, 6.45) is 8.14. The average Bonchev–Trinajstić information content (AvgIpc) is 3.20.